The van der Waals surface area contributed by atoms with Crippen molar-refractivity contribution in [2.45, 2.75) is 31.0 Å². The van der Waals surface area contributed by atoms with Crippen LogP contribution < -0.4 is 5.32 Å². The Kier molecular flexibility index (Phi) is 7.23. The zero-order valence-corrected chi connectivity index (χ0v) is 21.2. The maximum absolute atomic E-state index is 13.6. The van der Waals surface area contributed by atoms with Crippen LogP contribution in [0.5, 0.6) is 0 Å². The van der Waals surface area contributed by atoms with Gasteiger partial charge in [0.1, 0.15) is 6.54 Å². The molecule has 0 spiro atoms. The number of carbonyl (C=O) groups is 2. The van der Waals surface area contributed by atoms with Crippen LogP contribution in [0.2, 0.25) is 0 Å². The largest absolute Gasteiger partial charge is 0.453 e. The van der Waals surface area contributed by atoms with Crippen molar-refractivity contribution in [2.24, 2.45) is 5.92 Å². The van der Waals surface area contributed by atoms with Crippen LogP contribution in [0.25, 0.3) is 0 Å². The van der Waals surface area contributed by atoms with Gasteiger partial charge in [-0.25, -0.2) is 4.79 Å². The molecular weight excluding hydrogens is 472 g/mol. The summed E-state index contributed by atoms with van der Waals surface area (Å²) in [6.07, 6.45) is 2.34. The molecule has 3 saturated heterocycles. The summed E-state index contributed by atoms with van der Waals surface area (Å²) in [5.41, 5.74) is -0.925. The van der Waals surface area contributed by atoms with E-state index in [4.69, 9.17) is 4.74 Å². The average Bonchev–Trinajstić information content (AvgIpc) is 3.43. The molecular formula is C29H33N2O4S+. The van der Waals surface area contributed by atoms with Crippen LogP contribution in [0.15, 0.2) is 78.2 Å². The number of benzene rings is 2. The minimum atomic E-state index is -1.89. The van der Waals surface area contributed by atoms with Crippen molar-refractivity contribution in [2.75, 3.05) is 32.7 Å². The molecule has 188 valence electrons. The summed E-state index contributed by atoms with van der Waals surface area (Å²) in [5.74, 6) is -0.356. The number of hydrogen-bond acceptors (Lipinski definition) is 5. The smallest absolute Gasteiger partial charge is 0.348 e. The van der Waals surface area contributed by atoms with Gasteiger partial charge in [-0.15, -0.1) is 11.3 Å². The maximum atomic E-state index is 13.6. The lowest BCUT2D eigenvalue weighted by Gasteiger charge is -2.51. The Balaban J connectivity index is 1.27. The summed E-state index contributed by atoms with van der Waals surface area (Å²) < 4.78 is 6.73. The summed E-state index contributed by atoms with van der Waals surface area (Å²) >= 11 is 1.70. The Morgan fingerprint density at radius 2 is 1.61 bits per heavy atom. The molecule has 6 nitrogen and oxygen atoms in total. The average molecular weight is 506 g/mol. The molecule has 1 atom stereocenters. The second-order valence-electron chi connectivity index (χ2n) is 10.0. The highest BCUT2D eigenvalue weighted by Crippen LogP contribution is 2.38. The van der Waals surface area contributed by atoms with Crippen molar-refractivity contribution in [3.63, 3.8) is 0 Å². The Morgan fingerprint density at radius 1 is 0.972 bits per heavy atom. The number of nitrogens with one attached hydrogen (secondary N) is 1. The van der Waals surface area contributed by atoms with Gasteiger partial charge in [0, 0.05) is 30.2 Å². The molecule has 2 N–H and O–H groups in total. The summed E-state index contributed by atoms with van der Waals surface area (Å²) in [7, 11) is 0. The third-order valence-corrected chi connectivity index (χ3v) is 8.67. The monoisotopic (exact) mass is 505 g/mol. The second kappa shape index (κ2) is 10.5. The van der Waals surface area contributed by atoms with E-state index in [2.05, 4.69) is 11.4 Å². The number of hydrogen-bond donors (Lipinski definition) is 2. The van der Waals surface area contributed by atoms with Gasteiger partial charge in [0.2, 0.25) is 5.60 Å². The number of carbonyl (C=O) groups excluding carboxylic acids is 2. The first-order valence-corrected chi connectivity index (χ1v) is 13.6. The molecule has 1 amide bonds. The standard InChI is InChI=1S/C29H32N2O4S/c32-27(30-16-13-25-12-7-19-36-25)21-31-17-14-22(15-18-31)26(20-31)35-28(33)29(34,23-8-3-1-4-9-23)24-10-5-2-6-11-24/h1-12,19,22,26,34H,13-18,20-21H2/p+1/t22?,26-,31?/m0/s1. The van der Waals surface area contributed by atoms with Crippen molar-refractivity contribution < 1.29 is 23.9 Å². The molecule has 7 heteroatoms. The third-order valence-electron chi connectivity index (χ3n) is 7.73. The number of amides is 1. The molecule has 4 heterocycles. The second-order valence-corrected chi connectivity index (χ2v) is 11.1. The number of thiophene rings is 1. The first kappa shape index (κ1) is 24.7. The Morgan fingerprint density at radius 3 is 2.19 bits per heavy atom. The number of rotatable bonds is 9. The molecule has 0 saturated carbocycles. The highest BCUT2D eigenvalue weighted by molar-refractivity contribution is 7.09. The van der Waals surface area contributed by atoms with Crippen LogP contribution in [0, 0.1) is 5.92 Å². The lowest BCUT2D eigenvalue weighted by Crippen LogP contribution is -2.67. The molecule has 3 aromatic rings. The van der Waals surface area contributed by atoms with E-state index in [-0.39, 0.29) is 17.9 Å². The van der Waals surface area contributed by atoms with E-state index < -0.39 is 11.6 Å². The number of piperidine rings is 3. The van der Waals surface area contributed by atoms with Gasteiger partial charge < -0.3 is 19.6 Å². The van der Waals surface area contributed by atoms with E-state index in [0.717, 1.165) is 32.4 Å². The number of ether oxygens (including phenoxy) is 1. The van der Waals surface area contributed by atoms with Gasteiger partial charge in [0.15, 0.2) is 12.6 Å². The molecule has 2 aromatic carbocycles. The molecule has 1 aromatic heterocycles. The van der Waals surface area contributed by atoms with Gasteiger partial charge in [-0.05, 0) is 29.0 Å². The Labute approximate surface area is 216 Å². The minimum absolute atomic E-state index is 0.0436. The molecule has 36 heavy (non-hydrogen) atoms. The van der Waals surface area contributed by atoms with E-state index in [9.17, 15) is 14.7 Å². The van der Waals surface area contributed by atoms with Gasteiger partial charge in [-0.2, -0.15) is 0 Å². The van der Waals surface area contributed by atoms with E-state index in [1.54, 1.807) is 35.6 Å². The van der Waals surface area contributed by atoms with E-state index in [0.29, 0.717) is 35.2 Å². The molecule has 6 rings (SSSR count). The molecule has 0 aliphatic carbocycles. The fourth-order valence-electron chi connectivity index (χ4n) is 5.70. The van der Waals surface area contributed by atoms with Crippen LogP contribution in [0.4, 0.5) is 0 Å². The molecule has 3 aliphatic rings. The summed E-state index contributed by atoms with van der Waals surface area (Å²) in [4.78, 5) is 27.7. The summed E-state index contributed by atoms with van der Waals surface area (Å²) in [6.45, 7) is 3.46. The highest BCUT2D eigenvalue weighted by atomic mass is 32.1. The highest BCUT2D eigenvalue weighted by Gasteiger charge is 2.51. The van der Waals surface area contributed by atoms with E-state index in [1.165, 1.54) is 4.88 Å². The third kappa shape index (κ3) is 5.09. The summed E-state index contributed by atoms with van der Waals surface area (Å²) in [5, 5.41) is 16.9. The van der Waals surface area contributed by atoms with Crippen LogP contribution in [0.1, 0.15) is 28.8 Å². The number of fused-ring (bicyclic) bond motifs is 3. The normalized spacial score (nSPS) is 23.2. The molecule has 3 aliphatic heterocycles. The van der Waals surface area contributed by atoms with Gasteiger partial charge in [-0.1, -0.05) is 66.7 Å². The van der Waals surface area contributed by atoms with Gasteiger partial charge in [0.25, 0.3) is 5.91 Å². The maximum Gasteiger partial charge on any atom is 0.348 e. The zero-order valence-electron chi connectivity index (χ0n) is 20.3. The van der Waals surface area contributed by atoms with Gasteiger partial charge in [-0.3, -0.25) is 4.79 Å². The van der Waals surface area contributed by atoms with Crippen LogP contribution >= 0.6 is 11.3 Å². The van der Waals surface area contributed by atoms with Crippen molar-refractivity contribution in [3.05, 3.63) is 94.2 Å². The number of quaternary nitrogens is 1. The van der Waals surface area contributed by atoms with Gasteiger partial charge >= 0.3 is 5.97 Å². The van der Waals surface area contributed by atoms with E-state index >= 15 is 0 Å². The lowest BCUT2D eigenvalue weighted by atomic mass is 9.82. The SMILES string of the molecule is O=C(C[N+]12CCC(CC1)[C@@H](OC(=O)C(O)(c1ccccc1)c1ccccc1)C2)NCCc1cccs1. The van der Waals surface area contributed by atoms with Crippen LogP contribution in [0.3, 0.4) is 0 Å². The fourth-order valence-corrected chi connectivity index (χ4v) is 6.41. The lowest BCUT2D eigenvalue weighted by molar-refractivity contribution is -0.939. The molecule has 2 bridgehead atoms. The van der Waals surface area contributed by atoms with Crippen molar-refractivity contribution in [1.29, 1.82) is 0 Å². The predicted molar refractivity (Wildman–Crippen MR) is 139 cm³/mol. The van der Waals surface area contributed by atoms with Gasteiger partial charge in [0.05, 0.1) is 13.1 Å². The Bertz CT molecular complexity index is 1120. The molecule has 0 radical (unpaired) electrons. The first-order chi connectivity index (χ1) is 17.5. The van der Waals surface area contributed by atoms with Crippen molar-refractivity contribution in [3.8, 4) is 0 Å². The molecule has 0 unspecified atom stereocenters. The molecule has 3 fully saturated rings. The van der Waals surface area contributed by atoms with E-state index in [1.807, 2.05) is 47.8 Å². The topological polar surface area (TPSA) is 75.6 Å². The van der Waals surface area contributed by atoms with Crippen LogP contribution in [-0.2, 0) is 26.3 Å². The summed E-state index contributed by atoms with van der Waals surface area (Å²) in [6, 6.07) is 22.0. The first-order valence-electron chi connectivity index (χ1n) is 12.7. The number of nitrogens with zero attached hydrogens (tertiary/aromatic N) is 1. The van der Waals surface area contributed by atoms with Crippen LogP contribution in [-0.4, -0.2) is 60.3 Å². The van der Waals surface area contributed by atoms with Crippen molar-refractivity contribution in [1.82, 2.24) is 5.32 Å². The Hall–Kier alpha value is -3.00. The zero-order chi connectivity index (χ0) is 25.0. The minimum Gasteiger partial charge on any atom is -0.453 e. The number of aliphatic hydroxyl groups is 1. The van der Waals surface area contributed by atoms with Crippen molar-refractivity contribution >= 4 is 23.2 Å². The quantitative estimate of drug-likeness (QED) is 0.345. The predicted octanol–water partition coefficient (Wildman–Crippen LogP) is 3.50. The number of esters is 1. The fraction of sp³-hybridized carbons (Fsp3) is 0.379.